The molecule has 1 aliphatic heterocycles. The molecule has 5 rings (SSSR count). The van der Waals surface area contributed by atoms with Gasteiger partial charge in [-0.25, -0.2) is 4.98 Å². The monoisotopic (exact) mass is 564 g/mol. The minimum Gasteiger partial charge on any atom is -0.460 e. The molecular weight excluding hydrogens is 544 g/mol. The van der Waals surface area contributed by atoms with Crippen LogP contribution in [0.15, 0.2) is 75.6 Å². The highest BCUT2D eigenvalue weighted by atomic mass is 32.2. The number of aryl methyl sites for hydroxylation is 1. The van der Waals surface area contributed by atoms with Crippen LogP contribution in [0.5, 0.6) is 5.75 Å². The Morgan fingerprint density at radius 2 is 1.95 bits per heavy atom. The highest BCUT2D eigenvalue weighted by Gasteiger charge is 2.32. The van der Waals surface area contributed by atoms with Crippen molar-refractivity contribution in [1.29, 1.82) is 0 Å². The number of fused-ring (bicyclic) bond motifs is 2. The van der Waals surface area contributed by atoms with Crippen molar-refractivity contribution in [2.75, 3.05) is 11.9 Å². The number of ether oxygens (including phenoxy) is 2. The van der Waals surface area contributed by atoms with E-state index in [9.17, 15) is 25.0 Å². The second-order valence-corrected chi connectivity index (χ2v) is 10.7. The number of anilines is 1. The number of carbonyl (C=O) groups excluding carboxylic acids is 1. The third-order valence-electron chi connectivity index (χ3n) is 5.76. The first-order valence-electron chi connectivity index (χ1n) is 11.6. The van der Waals surface area contributed by atoms with Crippen LogP contribution < -0.4 is 10.1 Å². The second-order valence-electron chi connectivity index (χ2n) is 8.41. The van der Waals surface area contributed by atoms with Crippen molar-refractivity contribution in [2.45, 2.75) is 29.4 Å². The fraction of sp³-hybridized carbons (Fsp3) is 0.154. The zero-order valence-corrected chi connectivity index (χ0v) is 22.2. The molecule has 0 bridgehead atoms. The molecule has 1 N–H and O–H groups in total. The fourth-order valence-corrected chi connectivity index (χ4v) is 6.06. The molecule has 0 radical (unpaired) electrons. The summed E-state index contributed by atoms with van der Waals surface area (Å²) in [7, 11) is 0. The Morgan fingerprint density at radius 1 is 1.13 bits per heavy atom. The van der Waals surface area contributed by atoms with Crippen molar-refractivity contribution in [2.24, 2.45) is 0 Å². The molecular formula is C26H20N4O7S2. The average Bonchev–Trinajstić information content (AvgIpc) is 3.30. The standard InChI is InChI=1S/C26H20N4O7S2/c1-3-36-25-18(24(31)17-10-14(2)4-8-21(17)37-25)13-27-15-5-7-19-23(11-15)39-26(28-19)38-22-9-6-16(29(32)33)12-20(22)30(34)35/h4-13,25,27H,3H2,1-2H3/b18-13-/t25-/m1/s1. The van der Waals surface area contributed by atoms with E-state index < -0.39 is 16.1 Å². The maximum Gasteiger partial charge on any atom is 0.290 e. The molecule has 39 heavy (non-hydrogen) atoms. The molecule has 0 amide bonds. The molecule has 0 saturated heterocycles. The van der Waals surface area contributed by atoms with Gasteiger partial charge < -0.3 is 14.8 Å². The van der Waals surface area contributed by atoms with E-state index in [0.29, 0.717) is 39.0 Å². The molecule has 1 aromatic heterocycles. The van der Waals surface area contributed by atoms with Gasteiger partial charge in [0.1, 0.15) is 5.75 Å². The van der Waals surface area contributed by atoms with Crippen molar-refractivity contribution in [1.82, 2.24) is 4.98 Å². The molecule has 2 heterocycles. The van der Waals surface area contributed by atoms with Crippen LogP contribution in [0.2, 0.25) is 0 Å². The molecule has 1 atom stereocenters. The molecule has 1 aliphatic rings. The number of nitro groups is 2. The number of thiazole rings is 1. The quantitative estimate of drug-likeness (QED) is 0.143. The van der Waals surface area contributed by atoms with Gasteiger partial charge in [-0.15, -0.1) is 11.3 Å². The summed E-state index contributed by atoms with van der Waals surface area (Å²) in [6, 6.07) is 14.4. The Bertz CT molecular complexity index is 1670. The van der Waals surface area contributed by atoms with Crippen LogP contribution >= 0.6 is 23.1 Å². The third kappa shape index (κ3) is 5.46. The summed E-state index contributed by atoms with van der Waals surface area (Å²) in [5.74, 6) is 0.290. The Labute approximate surface area is 229 Å². The van der Waals surface area contributed by atoms with E-state index in [1.54, 1.807) is 30.5 Å². The highest BCUT2D eigenvalue weighted by molar-refractivity contribution is 8.01. The number of ketones is 1. The molecule has 3 aromatic carbocycles. The number of non-ortho nitro benzene ring substituents is 1. The number of Topliss-reactive ketones (excluding diaryl/α,β-unsaturated/α-hetero) is 1. The predicted octanol–water partition coefficient (Wildman–Crippen LogP) is 6.51. The maximum absolute atomic E-state index is 13.2. The topological polar surface area (TPSA) is 147 Å². The predicted molar refractivity (Wildman–Crippen MR) is 147 cm³/mol. The van der Waals surface area contributed by atoms with Gasteiger partial charge in [0.05, 0.1) is 42.2 Å². The number of aromatic nitrogens is 1. The largest absolute Gasteiger partial charge is 0.460 e. The first-order chi connectivity index (χ1) is 18.7. The van der Waals surface area contributed by atoms with Gasteiger partial charge in [0.25, 0.3) is 11.4 Å². The molecule has 11 nitrogen and oxygen atoms in total. The van der Waals surface area contributed by atoms with Crippen molar-refractivity contribution < 1.29 is 24.1 Å². The second kappa shape index (κ2) is 10.8. The number of rotatable bonds is 8. The Hall–Kier alpha value is -4.33. The summed E-state index contributed by atoms with van der Waals surface area (Å²) in [6.07, 6.45) is 0.726. The molecule has 4 aromatic rings. The van der Waals surface area contributed by atoms with Crippen LogP contribution in [-0.4, -0.2) is 33.5 Å². The number of nitro benzene ring substituents is 2. The van der Waals surface area contributed by atoms with Gasteiger partial charge in [-0.3, -0.25) is 25.0 Å². The number of carbonyl (C=O) groups is 1. The molecule has 0 fully saturated rings. The van der Waals surface area contributed by atoms with Gasteiger partial charge in [0.15, 0.2) is 10.1 Å². The summed E-state index contributed by atoms with van der Waals surface area (Å²) in [6.45, 7) is 4.08. The van der Waals surface area contributed by atoms with Gasteiger partial charge >= 0.3 is 0 Å². The van der Waals surface area contributed by atoms with E-state index in [1.807, 2.05) is 26.0 Å². The van der Waals surface area contributed by atoms with E-state index in [4.69, 9.17) is 9.47 Å². The summed E-state index contributed by atoms with van der Waals surface area (Å²) in [5, 5.41) is 25.6. The van der Waals surface area contributed by atoms with Crippen molar-refractivity contribution in [3.63, 3.8) is 0 Å². The van der Waals surface area contributed by atoms with Crippen LogP contribution in [0.1, 0.15) is 22.8 Å². The van der Waals surface area contributed by atoms with E-state index in [0.717, 1.165) is 28.1 Å². The Kier molecular flexibility index (Phi) is 7.28. The van der Waals surface area contributed by atoms with Crippen molar-refractivity contribution in [3.05, 3.63) is 97.7 Å². The molecule has 0 unspecified atom stereocenters. The van der Waals surface area contributed by atoms with Gasteiger partial charge in [-0.05, 0) is 50.2 Å². The minimum atomic E-state index is -0.849. The first kappa shape index (κ1) is 26.3. The molecule has 0 saturated carbocycles. The molecule has 0 aliphatic carbocycles. The van der Waals surface area contributed by atoms with E-state index in [2.05, 4.69) is 10.3 Å². The van der Waals surface area contributed by atoms with Crippen LogP contribution in [0.4, 0.5) is 17.1 Å². The van der Waals surface area contributed by atoms with Crippen LogP contribution in [-0.2, 0) is 4.74 Å². The Balaban J connectivity index is 1.39. The van der Waals surface area contributed by atoms with E-state index >= 15 is 0 Å². The van der Waals surface area contributed by atoms with Crippen molar-refractivity contribution in [3.8, 4) is 5.75 Å². The summed E-state index contributed by atoms with van der Waals surface area (Å²) in [4.78, 5) is 39.2. The zero-order valence-electron chi connectivity index (χ0n) is 20.6. The minimum absolute atomic E-state index is 0.187. The summed E-state index contributed by atoms with van der Waals surface area (Å²) < 4.78 is 12.9. The lowest BCUT2D eigenvalue weighted by molar-refractivity contribution is -0.396. The van der Waals surface area contributed by atoms with Gasteiger partial charge in [0.2, 0.25) is 6.29 Å². The van der Waals surface area contributed by atoms with Crippen LogP contribution in [0, 0.1) is 27.2 Å². The smallest absolute Gasteiger partial charge is 0.290 e. The number of benzene rings is 3. The molecule has 198 valence electrons. The fourth-order valence-electron chi connectivity index (χ4n) is 3.91. The molecule has 0 spiro atoms. The Morgan fingerprint density at radius 3 is 2.69 bits per heavy atom. The number of hydrogen-bond acceptors (Lipinski definition) is 11. The summed E-state index contributed by atoms with van der Waals surface area (Å²) in [5.41, 5.74) is 2.40. The lowest BCUT2D eigenvalue weighted by Gasteiger charge is -2.27. The highest BCUT2D eigenvalue weighted by Crippen LogP contribution is 2.40. The van der Waals surface area contributed by atoms with E-state index in [-0.39, 0.29) is 22.1 Å². The average molecular weight is 565 g/mol. The van der Waals surface area contributed by atoms with Crippen molar-refractivity contribution >= 4 is 56.2 Å². The summed E-state index contributed by atoms with van der Waals surface area (Å²) >= 11 is 2.38. The first-order valence-corrected chi connectivity index (χ1v) is 13.3. The number of nitrogens with one attached hydrogen (secondary N) is 1. The lowest BCUT2D eigenvalue weighted by Crippen LogP contribution is -2.33. The third-order valence-corrected chi connectivity index (χ3v) is 7.90. The van der Waals surface area contributed by atoms with Gasteiger partial charge in [-0.1, -0.05) is 23.4 Å². The maximum atomic E-state index is 13.2. The van der Waals surface area contributed by atoms with E-state index in [1.165, 1.54) is 23.5 Å². The van der Waals surface area contributed by atoms with Crippen LogP contribution in [0.25, 0.3) is 10.2 Å². The zero-order chi connectivity index (χ0) is 27.7. The normalized spacial score (nSPS) is 15.7. The SMILES string of the molecule is CCO[C@@H]1Oc2ccc(C)cc2C(=O)/C1=C/Nc1ccc2nc(Sc3ccc([N+](=O)[O-])cc3[N+](=O)[O-])sc2c1. The van der Waals surface area contributed by atoms with Crippen LogP contribution in [0.3, 0.4) is 0 Å². The number of hydrogen-bond donors (Lipinski definition) is 1. The number of nitrogens with zero attached hydrogens (tertiary/aromatic N) is 3. The van der Waals surface area contributed by atoms with Gasteiger partial charge in [-0.2, -0.15) is 0 Å². The van der Waals surface area contributed by atoms with Gasteiger partial charge in [0, 0.05) is 24.6 Å². The lowest BCUT2D eigenvalue weighted by atomic mass is 9.98. The molecule has 13 heteroatoms.